The van der Waals surface area contributed by atoms with E-state index in [1.54, 1.807) is 35.3 Å². The molecule has 2 aromatic rings. The van der Waals surface area contributed by atoms with Gasteiger partial charge in [0.05, 0.1) is 5.54 Å². The molecule has 0 aliphatic rings. The van der Waals surface area contributed by atoms with Crippen molar-refractivity contribution in [3.8, 4) is 5.82 Å². The minimum Gasteiger partial charge on any atom is -0.344 e. The summed E-state index contributed by atoms with van der Waals surface area (Å²) < 4.78 is 1.62. The predicted molar refractivity (Wildman–Crippen MR) is 95.7 cm³/mol. The number of aromatic nitrogens is 3. The van der Waals surface area contributed by atoms with Gasteiger partial charge < -0.3 is 11.1 Å². The Labute approximate surface area is 148 Å². The van der Waals surface area contributed by atoms with Crippen molar-refractivity contribution in [2.75, 3.05) is 6.54 Å². The number of nitrogens with zero attached hydrogens (tertiary/aromatic N) is 3. The average Bonchev–Trinajstić information content (AvgIpc) is 3.07. The smallest absolute Gasteiger partial charge is 0.270 e. The van der Waals surface area contributed by atoms with Gasteiger partial charge in [0, 0.05) is 18.9 Å². The van der Waals surface area contributed by atoms with E-state index in [0.29, 0.717) is 18.1 Å². The molecule has 128 valence electrons. The lowest BCUT2D eigenvalue weighted by Crippen LogP contribution is -2.53. The number of halogens is 2. The summed E-state index contributed by atoms with van der Waals surface area (Å²) in [5.41, 5.74) is 5.80. The summed E-state index contributed by atoms with van der Waals surface area (Å²) in [5, 5.41) is 7.12. The largest absolute Gasteiger partial charge is 0.344 e. The molecule has 0 fully saturated rings. The molecular weight excluding hydrogens is 337 g/mol. The molecule has 0 saturated heterocycles. The average molecular weight is 360 g/mol. The van der Waals surface area contributed by atoms with Crippen molar-refractivity contribution in [1.29, 1.82) is 0 Å². The third kappa shape index (κ3) is 4.92. The van der Waals surface area contributed by atoms with E-state index in [1.807, 2.05) is 19.9 Å². The number of nitrogens with two attached hydrogens (primary N) is 1. The molecule has 1 amide bonds. The lowest BCUT2D eigenvalue weighted by atomic mass is 9.93. The predicted octanol–water partition coefficient (Wildman–Crippen LogP) is 2.36. The van der Waals surface area contributed by atoms with Crippen molar-refractivity contribution < 1.29 is 4.79 Å². The topological polar surface area (TPSA) is 85.8 Å². The summed E-state index contributed by atoms with van der Waals surface area (Å²) in [6, 6.07) is 7.09. The number of hydrogen-bond donors (Lipinski definition) is 2. The molecule has 2 aromatic heterocycles. The first kappa shape index (κ1) is 21.4. The second-order valence-electron chi connectivity index (χ2n) is 4.98. The van der Waals surface area contributed by atoms with Crippen molar-refractivity contribution in [3.63, 3.8) is 0 Å². The van der Waals surface area contributed by atoms with Gasteiger partial charge in [0.1, 0.15) is 5.69 Å². The monoisotopic (exact) mass is 359 g/mol. The van der Waals surface area contributed by atoms with Crippen LogP contribution in [0.1, 0.15) is 37.2 Å². The van der Waals surface area contributed by atoms with E-state index in [0.717, 1.165) is 12.8 Å². The van der Waals surface area contributed by atoms with Crippen molar-refractivity contribution in [2.45, 2.75) is 32.2 Å². The van der Waals surface area contributed by atoms with Crippen LogP contribution in [0, 0.1) is 0 Å². The van der Waals surface area contributed by atoms with Crippen molar-refractivity contribution >= 4 is 30.7 Å². The van der Waals surface area contributed by atoms with Crippen LogP contribution in [0.3, 0.4) is 0 Å². The van der Waals surface area contributed by atoms with E-state index in [1.165, 1.54) is 0 Å². The Morgan fingerprint density at radius 2 is 1.96 bits per heavy atom. The SMILES string of the molecule is CCC(CC)(CN)NC(=O)c1cccc(-n2cccn2)n1.Cl.Cl. The van der Waals surface area contributed by atoms with Gasteiger partial charge in [-0.3, -0.25) is 4.79 Å². The lowest BCUT2D eigenvalue weighted by molar-refractivity contribution is 0.0890. The Hall–Kier alpha value is -1.63. The molecule has 23 heavy (non-hydrogen) atoms. The van der Waals surface area contributed by atoms with E-state index in [9.17, 15) is 4.79 Å². The van der Waals surface area contributed by atoms with E-state index < -0.39 is 0 Å². The molecule has 0 aliphatic heterocycles. The van der Waals surface area contributed by atoms with Gasteiger partial charge in [-0.05, 0) is 31.0 Å². The Kier molecular flexibility index (Phi) is 8.82. The highest BCUT2D eigenvalue weighted by Crippen LogP contribution is 2.14. The molecular formula is C15H23Cl2N5O. The number of carbonyl (C=O) groups is 1. The Bertz CT molecular complexity index is 591. The second-order valence-corrected chi connectivity index (χ2v) is 4.98. The zero-order chi connectivity index (χ0) is 15.3. The fourth-order valence-corrected chi connectivity index (χ4v) is 2.15. The molecule has 2 rings (SSSR count). The molecule has 0 aliphatic carbocycles. The van der Waals surface area contributed by atoms with Gasteiger partial charge in [0.15, 0.2) is 5.82 Å². The van der Waals surface area contributed by atoms with Crippen LogP contribution in [0.5, 0.6) is 0 Å². The zero-order valence-corrected chi connectivity index (χ0v) is 14.9. The van der Waals surface area contributed by atoms with Crippen LogP contribution in [-0.4, -0.2) is 32.8 Å². The van der Waals surface area contributed by atoms with Crippen LogP contribution in [0.4, 0.5) is 0 Å². The minimum absolute atomic E-state index is 0. The Morgan fingerprint density at radius 3 is 2.48 bits per heavy atom. The van der Waals surface area contributed by atoms with Gasteiger partial charge in [0.2, 0.25) is 0 Å². The van der Waals surface area contributed by atoms with E-state index >= 15 is 0 Å². The van der Waals surface area contributed by atoms with Crippen LogP contribution >= 0.6 is 24.8 Å². The molecule has 0 radical (unpaired) electrons. The highest BCUT2D eigenvalue weighted by molar-refractivity contribution is 5.93. The third-order valence-electron chi connectivity index (χ3n) is 3.83. The van der Waals surface area contributed by atoms with Gasteiger partial charge in [0.25, 0.3) is 5.91 Å². The molecule has 0 bridgehead atoms. The second kappa shape index (κ2) is 9.50. The number of pyridine rings is 1. The van der Waals surface area contributed by atoms with E-state index in [2.05, 4.69) is 15.4 Å². The standard InChI is InChI=1S/C15H21N5O.2ClH/c1-3-15(4-2,11-16)19-14(21)12-7-5-8-13(18-12)20-10-6-9-17-20;;/h5-10H,3-4,11,16H2,1-2H3,(H,19,21);2*1H. The molecule has 0 atom stereocenters. The molecule has 0 aromatic carbocycles. The summed E-state index contributed by atoms with van der Waals surface area (Å²) in [5.74, 6) is 0.400. The number of amides is 1. The maximum absolute atomic E-state index is 12.4. The molecule has 0 saturated carbocycles. The first-order chi connectivity index (χ1) is 10.1. The molecule has 2 heterocycles. The number of rotatable bonds is 6. The van der Waals surface area contributed by atoms with E-state index in [4.69, 9.17) is 5.73 Å². The van der Waals surface area contributed by atoms with Crippen molar-refractivity contribution in [2.24, 2.45) is 5.73 Å². The van der Waals surface area contributed by atoms with E-state index in [-0.39, 0.29) is 36.3 Å². The lowest BCUT2D eigenvalue weighted by Gasteiger charge is -2.31. The van der Waals surface area contributed by atoms with Crippen LogP contribution in [-0.2, 0) is 0 Å². The number of nitrogens with one attached hydrogen (secondary N) is 1. The van der Waals surface area contributed by atoms with Gasteiger partial charge in [-0.1, -0.05) is 19.9 Å². The van der Waals surface area contributed by atoms with Gasteiger partial charge in [-0.2, -0.15) is 5.10 Å². The maximum Gasteiger partial charge on any atom is 0.270 e. The Morgan fingerprint density at radius 1 is 1.26 bits per heavy atom. The molecule has 6 nitrogen and oxygen atoms in total. The fourth-order valence-electron chi connectivity index (χ4n) is 2.15. The Balaban J connectivity index is 0.00000242. The molecule has 8 heteroatoms. The van der Waals surface area contributed by atoms with Crippen molar-refractivity contribution in [3.05, 3.63) is 42.4 Å². The fraction of sp³-hybridized carbons (Fsp3) is 0.400. The molecule has 0 spiro atoms. The quantitative estimate of drug-likeness (QED) is 0.828. The third-order valence-corrected chi connectivity index (χ3v) is 3.83. The first-order valence-electron chi connectivity index (χ1n) is 7.14. The highest BCUT2D eigenvalue weighted by Gasteiger charge is 2.27. The number of hydrogen-bond acceptors (Lipinski definition) is 4. The van der Waals surface area contributed by atoms with Crippen molar-refractivity contribution in [1.82, 2.24) is 20.1 Å². The summed E-state index contributed by atoms with van der Waals surface area (Å²) in [6.45, 7) is 4.44. The molecule has 0 unspecified atom stereocenters. The van der Waals surface area contributed by atoms with Gasteiger partial charge in [-0.25, -0.2) is 9.67 Å². The maximum atomic E-state index is 12.4. The summed E-state index contributed by atoms with van der Waals surface area (Å²) in [7, 11) is 0. The molecule has 3 N–H and O–H groups in total. The first-order valence-corrected chi connectivity index (χ1v) is 7.14. The summed E-state index contributed by atoms with van der Waals surface area (Å²) >= 11 is 0. The highest BCUT2D eigenvalue weighted by atomic mass is 35.5. The normalized spacial score (nSPS) is 10.4. The van der Waals surface area contributed by atoms with Gasteiger partial charge >= 0.3 is 0 Å². The summed E-state index contributed by atoms with van der Waals surface area (Å²) in [6.07, 6.45) is 5.02. The zero-order valence-electron chi connectivity index (χ0n) is 13.2. The number of carbonyl (C=O) groups excluding carboxylic acids is 1. The summed E-state index contributed by atoms with van der Waals surface area (Å²) in [4.78, 5) is 16.7. The van der Waals surface area contributed by atoms with Crippen LogP contribution in [0.15, 0.2) is 36.7 Å². The minimum atomic E-state index is -0.375. The van der Waals surface area contributed by atoms with Gasteiger partial charge in [-0.15, -0.1) is 24.8 Å². The van der Waals surface area contributed by atoms with Crippen LogP contribution < -0.4 is 11.1 Å². The van der Waals surface area contributed by atoms with Crippen LogP contribution in [0.25, 0.3) is 5.82 Å². The van der Waals surface area contributed by atoms with Crippen LogP contribution in [0.2, 0.25) is 0 Å².